The number of hydrogen-bond acceptors (Lipinski definition) is 5. The summed E-state index contributed by atoms with van der Waals surface area (Å²) >= 11 is 5.92. The van der Waals surface area contributed by atoms with Gasteiger partial charge in [-0.15, -0.1) is 0 Å². The smallest absolute Gasteiger partial charge is 0.297 e. The number of hydrogen-bond donors (Lipinski definition) is 0. The van der Waals surface area contributed by atoms with Crippen molar-refractivity contribution in [1.82, 2.24) is 4.31 Å². The molecule has 5 rings (SSSR count). The van der Waals surface area contributed by atoms with E-state index >= 15 is 0 Å². The number of carbonyl (C=O) groups excluding carboxylic acids is 1. The summed E-state index contributed by atoms with van der Waals surface area (Å²) in [5.74, 6) is -2.87. The largest absolute Gasteiger partial charge is 0.336 e. The fourth-order valence-corrected chi connectivity index (χ4v) is 5.87. The summed E-state index contributed by atoms with van der Waals surface area (Å²) < 4.78 is 52.6. The number of rotatable bonds is 3. The van der Waals surface area contributed by atoms with Crippen molar-refractivity contribution in [1.29, 1.82) is 0 Å². The fourth-order valence-electron chi connectivity index (χ4n) is 4.16. The lowest BCUT2D eigenvalue weighted by atomic mass is 10.1. The Labute approximate surface area is 178 Å². The van der Waals surface area contributed by atoms with E-state index in [0.717, 1.165) is 18.9 Å². The monoisotopic (exact) mass is 452 g/mol. The van der Waals surface area contributed by atoms with Crippen LogP contribution in [0.4, 0.5) is 15.8 Å². The normalized spacial score (nSPS) is 21.0. The first-order valence-electron chi connectivity index (χ1n) is 9.57. The average molecular weight is 453 g/mol. The molecule has 3 aliphatic heterocycles. The van der Waals surface area contributed by atoms with Crippen LogP contribution in [0.2, 0.25) is 5.02 Å². The van der Waals surface area contributed by atoms with Crippen molar-refractivity contribution in [3.05, 3.63) is 52.8 Å². The molecule has 30 heavy (non-hydrogen) atoms. The molecule has 0 unspecified atom stereocenters. The van der Waals surface area contributed by atoms with E-state index in [1.807, 2.05) is 0 Å². The van der Waals surface area contributed by atoms with Gasteiger partial charge in [0.15, 0.2) is 0 Å². The third-order valence-corrected chi connectivity index (χ3v) is 7.79. The molecule has 0 aromatic heterocycles. The second-order valence-corrected chi connectivity index (χ2v) is 9.69. The highest BCUT2D eigenvalue weighted by molar-refractivity contribution is 7.89. The first kappa shape index (κ1) is 19.9. The number of anilines is 2. The van der Waals surface area contributed by atoms with Crippen LogP contribution in [0.15, 0.2) is 41.3 Å². The Kier molecular flexibility index (Phi) is 4.64. The maximum atomic E-state index is 13.6. The van der Waals surface area contributed by atoms with Crippen molar-refractivity contribution in [3.63, 3.8) is 0 Å². The molecule has 0 N–H and O–H groups in total. The highest BCUT2D eigenvalue weighted by Crippen LogP contribution is 2.49. The van der Waals surface area contributed by atoms with E-state index in [-0.39, 0.29) is 23.1 Å². The standard InChI is InChI=1S/C20H18ClFN2O5S/c21-16-11-13(3-5-17(16)22)24-18-6-4-14(30(26,27)23-7-1-2-8-23)12-15(18)20(19(24)25)28-9-10-29-20/h3-6,11-12H,1-2,7-10H2. The van der Waals surface area contributed by atoms with E-state index in [0.29, 0.717) is 30.0 Å². The van der Waals surface area contributed by atoms with E-state index in [4.69, 9.17) is 21.1 Å². The number of amides is 1. The number of ether oxygens (including phenoxy) is 2. The second-order valence-electron chi connectivity index (χ2n) is 7.34. The van der Waals surface area contributed by atoms with Crippen LogP contribution in [0.25, 0.3) is 0 Å². The van der Waals surface area contributed by atoms with E-state index in [1.165, 1.54) is 33.5 Å². The summed E-state index contributed by atoms with van der Waals surface area (Å²) in [4.78, 5) is 14.8. The number of carbonyl (C=O) groups is 1. The molecule has 1 spiro atoms. The molecule has 7 nitrogen and oxygen atoms in total. The minimum atomic E-state index is -3.70. The highest BCUT2D eigenvalue weighted by Gasteiger charge is 2.57. The van der Waals surface area contributed by atoms with Crippen LogP contribution in [0, 0.1) is 5.82 Å². The van der Waals surface area contributed by atoms with Gasteiger partial charge >= 0.3 is 0 Å². The van der Waals surface area contributed by atoms with Gasteiger partial charge in [-0.3, -0.25) is 9.69 Å². The quantitative estimate of drug-likeness (QED) is 0.715. The Morgan fingerprint density at radius 2 is 1.73 bits per heavy atom. The van der Waals surface area contributed by atoms with Gasteiger partial charge in [0.1, 0.15) is 5.82 Å². The Balaban J connectivity index is 1.66. The predicted molar refractivity (Wildman–Crippen MR) is 107 cm³/mol. The summed E-state index contributed by atoms with van der Waals surface area (Å²) in [5.41, 5.74) is 1.05. The molecule has 0 atom stereocenters. The van der Waals surface area contributed by atoms with Gasteiger partial charge in [-0.2, -0.15) is 4.31 Å². The Bertz CT molecular complexity index is 1140. The molecule has 158 valence electrons. The number of benzene rings is 2. The van der Waals surface area contributed by atoms with Crippen LogP contribution in [0.3, 0.4) is 0 Å². The zero-order valence-corrected chi connectivity index (χ0v) is 17.4. The molecule has 0 saturated carbocycles. The lowest BCUT2D eigenvalue weighted by Crippen LogP contribution is -2.39. The molecule has 1 amide bonds. The Hall–Kier alpha value is -2.04. The fraction of sp³-hybridized carbons (Fsp3) is 0.350. The van der Waals surface area contributed by atoms with Gasteiger partial charge in [-0.25, -0.2) is 12.8 Å². The Morgan fingerprint density at radius 3 is 2.40 bits per heavy atom. The molecular formula is C20H18ClFN2O5S. The van der Waals surface area contributed by atoms with Crippen LogP contribution in [0.1, 0.15) is 18.4 Å². The summed E-state index contributed by atoms with van der Waals surface area (Å²) in [5, 5.41) is -0.135. The van der Waals surface area contributed by atoms with Gasteiger partial charge in [-0.05, 0) is 49.2 Å². The molecule has 10 heteroatoms. The summed E-state index contributed by atoms with van der Waals surface area (Å²) in [6, 6.07) is 8.38. The van der Waals surface area contributed by atoms with E-state index in [9.17, 15) is 17.6 Å². The topological polar surface area (TPSA) is 76.2 Å². The lowest BCUT2D eigenvalue weighted by molar-refractivity contribution is -0.180. The first-order valence-corrected chi connectivity index (χ1v) is 11.4. The van der Waals surface area contributed by atoms with Gasteiger partial charge in [0.25, 0.3) is 11.7 Å². The van der Waals surface area contributed by atoms with Crippen LogP contribution in [-0.4, -0.2) is 44.9 Å². The first-order chi connectivity index (χ1) is 14.3. The molecule has 2 fully saturated rings. The maximum Gasteiger partial charge on any atom is 0.297 e. The van der Waals surface area contributed by atoms with E-state index in [1.54, 1.807) is 6.07 Å². The zero-order chi connectivity index (χ0) is 21.1. The average Bonchev–Trinajstić information content (AvgIpc) is 3.47. The molecule has 0 bridgehead atoms. The Morgan fingerprint density at radius 1 is 1.03 bits per heavy atom. The van der Waals surface area contributed by atoms with Gasteiger partial charge < -0.3 is 9.47 Å². The van der Waals surface area contributed by atoms with Crippen LogP contribution >= 0.6 is 11.6 Å². The van der Waals surface area contributed by atoms with Crippen LogP contribution in [0.5, 0.6) is 0 Å². The van der Waals surface area contributed by atoms with Crippen molar-refractivity contribution in [2.75, 3.05) is 31.2 Å². The highest BCUT2D eigenvalue weighted by atomic mass is 35.5. The zero-order valence-electron chi connectivity index (χ0n) is 15.8. The molecule has 2 saturated heterocycles. The third kappa shape index (κ3) is 2.80. The molecule has 3 aliphatic rings. The summed E-state index contributed by atoms with van der Waals surface area (Å²) in [6.45, 7) is 1.31. The third-order valence-electron chi connectivity index (χ3n) is 5.61. The van der Waals surface area contributed by atoms with Crippen LogP contribution < -0.4 is 4.90 Å². The number of sulfonamides is 1. The predicted octanol–water partition coefficient (Wildman–Crippen LogP) is 3.14. The summed E-state index contributed by atoms with van der Waals surface area (Å²) in [7, 11) is -3.70. The van der Waals surface area contributed by atoms with Crippen molar-refractivity contribution in [2.45, 2.75) is 23.5 Å². The minimum absolute atomic E-state index is 0.0772. The minimum Gasteiger partial charge on any atom is -0.336 e. The van der Waals surface area contributed by atoms with Crippen LogP contribution in [-0.2, 0) is 30.1 Å². The molecular weight excluding hydrogens is 435 g/mol. The number of fused-ring (bicyclic) bond motifs is 2. The van der Waals surface area contributed by atoms with Crippen molar-refractivity contribution in [2.24, 2.45) is 0 Å². The van der Waals surface area contributed by atoms with Gasteiger partial charge in [0.05, 0.1) is 34.5 Å². The molecule has 2 aromatic rings. The van der Waals surface area contributed by atoms with Gasteiger partial charge in [0.2, 0.25) is 10.0 Å². The second kappa shape index (κ2) is 7.00. The number of halogens is 2. The molecule has 0 radical (unpaired) electrons. The van der Waals surface area contributed by atoms with Gasteiger partial charge in [-0.1, -0.05) is 11.6 Å². The lowest BCUT2D eigenvalue weighted by Gasteiger charge is -2.22. The molecule has 2 aromatic carbocycles. The van der Waals surface area contributed by atoms with E-state index < -0.39 is 27.5 Å². The van der Waals surface area contributed by atoms with Gasteiger partial charge in [0, 0.05) is 18.7 Å². The molecule has 0 aliphatic carbocycles. The van der Waals surface area contributed by atoms with Crippen molar-refractivity contribution < 1.29 is 27.1 Å². The van der Waals surface area contributed by atoms with Crippen molar-refractivity contribution in [3.8, 4) is 0 Å². The SMILES string of the molecule is O=C1N(c2ccc(F)c(Cl)c2)c2ccc(S(=O)(=O)N3CCCC3)cc2C12OCCO2. The van der Waals surface area contributed by atoms with E-state index in [2.05, 4.69) is 0 Å². The summed E-state index contributed by atoms with van der Waals surface area (Å²) in [6.07, 6.45) is 1.63. The number of nitrogens with zero attached hydrogens (tertiary/aromatic N) is 2. The maximum absolute atomic E-state index is 13.6. The van der Waals surface area contributed by atoms with Crippen molar-refractivity contribution >= 4 is 38.9 Å². The molecule has 3 heterocycles.